The molecule has 0 aliphatic carbocycles. The van der Waals surface area contributed by atoms with Crippen LogP contribution in [0.4, 0.5) is 17.1 Å². The van der Waals surface area contributed by atoms with Crippen molar-refractivity contribution in [2.45, 2.75) is 0 Å². The van der Waals surface area contributed by atoms with E-state index in [2.05, 4.69) is 289 Å². The lowest BCUT2D eigenvalue weighted by Gasteiger charge is -2.26. The quantitative estimate of drug-likeness (QED) is 0.140. The van der Waals surface area contributed by atoms with Gasteiger partial charge in [0.2, 0.25) is 0 Å². The van der Waals surface area contributed by atoms with Crippen LogP contribution in [-0.2, 0) is 0 Å². The van der Waals surface area contributed by atoms with Gasteiger partial charge < -0.3 is 9.47 Å². The number of rotatable bonds is 9. The Bertz CT molecular complexity index is 4490. The highest BCUT2D eigenvalue weighted by Gasteiger charge is 2.24. The van der Waals surface area contributed by atoms with Crippen molar-refractivity contribution in [2.24, 2.45) is 0 Å². The number of aromatic nitrogens is 1. The van der Waals surface area contributed by atoms with Crippen LogP contribution < -0.4 is 4.90 Å². The Morgan fingerprint density at radius 1 is 0.263 bits per heavy atom. The maximum absolute atomic E-state index is 2.49. The van der Waals surface area contributed by atoms with E-state index in [1.165, 1.54) is 112 Å². The molecule has 0 saturated heterocycles. The van der Waals surface area contributed by atoms with Crippen LogP contribution in [-0.4, -0.2) is 4.57 Å². The van der Waals surface area contributed by atoms with Crippen molar-refractivity contribution in [3.63, 3.8) is 0 Å². The zero-order valence-electron chi connectivity index (χ0n) is 41.3. The molecule has 0 aliphatic heterocycles. The molecular formula is C72H46N2S2. The molecule has 0 N–H and O–H groups in total. The van der Waals surface area contributed by atoms with E-state index in [9.17, 15) is 0 Å². The van der Waals surface area contributed by atoms with Crippen LogP contribution in [0.15, 0.2) is 279 Å². The number of anilines is 3. The van der Waals surface area contributed by atoms with E-state index in [1.807, 2.05) is 22.7 Å². The van der Waals surface area contributed by atoms with Crippen LogP contribution in [0.2, 0.25) is 0 Å². The highest BCUT2D eigenvalue weighted by molar-refractivity contribution is 7.26. The summed E-state index contributed by atoms with van der Waals surface area (Å²) in [7, 11) is 0. The fourth-order valence-corrected chi connectivity index (χ4v) is 14.2. The average molecular weight is 1000 g/mol. The Kier molecular flexibility index (Phi) is 10.6. The van der Waals surface area contributed by atoms with Crippen LogP contribution >= 0.6 is 22.7 Å². The Balaban J connectivity index is 0.861. The van der Waals surface area contributed by atoms with Gasteiger partial charge in [0.15, 0.2) is 0 Å². The van der Waals surface area contributed by atoms with Gasteiger partial charge in [-0.2, -0.15) is 0 Å². The SMILES string of the molecule is c1ccc(-c2c(-c3ccccc3)n(-c3ccccc3)c3c2ccc2c(-c4ccc(N(c5ccc(-c6cccc7c6sc6ccccc67)cc5)c5ccc(-c6cccc7c6sc6ccccc67)cc5)cc4)cccc23)cc1. The normalized spacial score (nSPS) is 11.7. The van der Waals surface area contributed by atoms with Gasteiger partial charge in [-0.3, -0.25) is 0 Å². The highest BCUT2D eigenvalue weighted by Crippen LogP contribution is 2.48. The first-order chi connectivity index (χ1) is 37.7. The predicted molar refractivity (Wildman–Crippen MR) is 328 cm³/mol. The lowest BCUT2D eigenvalue weighted by atomic mass is 9.94. The summed E-state index contributed by atoms with van der Waals surface area (Å²) in [6, 6.07) is 102. The summed E-state index contributed by atoms with van der Waals surface area (Å²) < 4.78 is 7.77. The number of hydrogen-bond acceptors (Lipinski definition) is 3. The third-order valence-electron chi connectivity index (χ3n) is 15.2. The fourth-order valence-electron chi connectivity index (χ4n) is 11.8. The molecule has 12 aromatic carbocycles. The Labute approximate surface area is 448 Å². The summed E-state index contributed by atoms with van der Waals surface area (Å²) in [5.74, 6) is 0. The van der Waals surface area contributed by atoms with Crippen LogP contribution in [0, 0.1) is 0 Å². The minimum atomic E-state index is 1.09. The summed E-state index contributed by atoms with van der Waals surface area (Å²) >= 11 is 3.75. The zero-order chi connectivity index (χ0) is 50.1. The van der Waals surface area contributed by atoms with Gasteiger partial charge in [0.05, 0.1) is 11.2 Å². The fraction of sp³-hybridized carbons (Fsp3) is 0. The molecule has 0 saturated carbocycles. The van der Waals surface area contributed by atoms with Crippen molar-refractivity contribution in [1.82, 2.24) is 4.57 Å². The van der Waals surface area contributed by atoms with E-state index in [0.717, 1.165) is 28.3 Å². The van der Waals surface area contributed by atoms with Gasteiger partial charge in [-0.15, -0.1) is 22.7 Å². The maximum Gasteiger partial charge on any atom is 0.0620 e. The highest BCUT2D eigenvalue weighted by atomic mass is 32.1. The van der Waals surface area contributed by atoms with E-state index in [-0.39, 0.29) is 0 Å². The van der Waals surface area contributed by atoms with Crippen LogP contribution in [0.5, 0.6) is 0 Å². The van der Waals surface area contributed by atoms with E-state index in [4.69, 9.17) is 0 Å². The molecule has 3 aromatic heterocycles. The molecule has 4 heteroatoms. The molecule has 0 spiro atoms. The third kappa shape index (κ3) is 7.29. The largest absolute Gasteiger partial charge is 0.311 e. The van der Waals surface area contributed by atoms with Crippen LogP contribution in [0.25, 0.3) is 123 Å². The second-order valence-electron chi connectivity index (χ2n) is 19.5. The molecule has 3 heterocycles. The van der Waals surface area contributed by atoms with Gasteiger partial charge in [-0.05, 0) is 111 Å². The van der Waals surface area contributed by atoms with Crippen LogP contribution in [0.1, 0.15) is 0 Å². The summed E-state index contributed by atoms with van der Waals surface area (Å²) in [6.07, 6.45) is 0. The predicted octanol–water partition coefficient (Wildman–Crippen LogP) is 21.3. The van der Waals surface area contributed by atoms with E-state index in [1.54, 1.807) is 0 Å². The van der Waals surface area contributed by atoms with Gasteiger partial charge in [-0.1, -0.05) is 218 Å². The number of thiophene rings is 2. The Hall–Kier alpha value is -9.32. The van der Waals surface area contributed by atoms with Gasteiger partial charge in [-0.25, -0.2) is 0 Å². The molecule has 15 aromatic rings. The molecular weight excluding hydrogens is 957 g/mol. The molecule has 0 radical (unpaired) electrons. The minimum absolute atomic E-state index is 1.09. The lowest BCUT2D eigenvalue weighted by Crippen LogP contribution is -2.09. The maximum atomic E-state index is 2.49. The van der Waals surface area contributed by atoms with Crippen LogP contribution in [0.3, 0.4) is 0 Å². The van der Waals surface area contributed by atoms with Crippen molar-refractivity contribution in [2.75, 3.05) is 4.90 Å². The molecule has 0 bridgehead atoms. The molecule has 0 fully saturated rings. The van der Waals surface area contributed by atoms with Crippen molar-refractivity contribution in [3.8, 4) is 61.5 Å². The van der Waals surface area contributed by atoms with E-state index in [0.29, 0.717) is 0 Å². The smallest absolute Gasteiger partial charge is 0.0620 e. The molecule has 76 heavy (non-hydrogen) atoms. The summed E-state index contributed by atoms with van der Waals surface area (Å²) in [6.45, 7) is 0. The second-order valence-corrected chi connectivity index (χ2v) is 21.6. The van der Waals surface area contributed by atoms with E-state index >= 15 is 0 Å². The second kappa shape index (κ2) is 18.3. The van der Waals surface area contributed by atoms with Crippen molar-refractivity contribution < 1.29 is 0 Å². The Morgan fingerprint density at radius 3 is 1.20 bits per heavy atom. The molecule has 356 valence electrons. The molecule has 0 amide bonds. The number of hydrogen-bond donors (Lipinski definition) is 0. The van der Waals surface area contributed by atoms with Gasteiger partial charge >= 0.3 is 0 Å². The third-order valence-corrected chi connectivity index (χ3v) is 17.7. The van der Waals surface area contributed by atoms with Gasteiger partial charge in [0.1, 0.15) is 0 Å². The minimum Gasteiger partial charge on any atom is -0.311 e. The molecule has 0 unspecified atom stereocenters. The van der Waals surface area contributed by atoms with E-state index < -0.39 is 0 Å². The molecule has 0 atom stereocenters. The lowest BCUT2D eigenvalue weighted by molar-refractivity contribution is 1.14. The number of fused-ring (bicyclic) bond motifs is 9. The number of nitrogens with zero attached hydrogens (tertiary/aromatic N) is 2. The summed E-state index contributed by atoms with van der Waals surface area (Å²) in [5.41, 5.74) is 17.7. The number of para-hydroxylation sites is 1. The monoisotopic (exact) mass is 1000 g/mol. The molecule has 15 rings (SSSR count). The number of benzene rings is 12. The topological polar surface area (TPSA) is 8.17 Å². The first-order valence-electron chi connectivity index (χ1n) is 25.9. The first-order valence-corrected chi connectivity index (χ1v) is 27.5. The van der Waals surface area contributed by atoms with Gasteiger partial charge in [0.25, 0.3) is 0 Å². The zero-order valence-corrected chi connectivity index (χ0v) is 42.9. The summed E-state index contributed by atoms with van der Waals surface area (Å²) in [5, 5.41) is 8.90. The Morgan fingerprint density at radius 2 is 0.671 bits per heavy atom. The van der Waals surface area contributed by atoms with Gasteiger partial charge in [0, 0.05) is 79.4 Å². The summed E-state index contributed by atoms with van der Waals surface area (Å²) in [4.78, 5) is 2.40. The van der Waals surface area contributed by atoms with Crippen molar-refractivity contribution in [3.05, 3.63) is 279 Å². The standard InChI is InChI=1S/C72H46N2S2/c1-4-17-50(18-5-1)68-65-46-45-59-56(25-14-28-62(59)70(65)74(52-21-8-3-9-22-52)69(68)51-19-6-2-7-20-51)47-33-39-53(40-34-47)73(54-41-35-48(36-42-54)57-26-15-29-63-60-23-10-12-31-66(60)75-71(57)63)55-43-37-49(38-44-55)58-27-16-30-64-61-24-11-13-32-67(61)76-72(58)64/h1-46H. The first kappa shape index (κ1) is 44.2. The van der Waals surface area contributed by atoms with Crippen molar-refractivity contribution >= 4 is 102 Å². The average Bonchev–Trinajstić information content (AvgIpc) is 4.25. The molecule has 0 aliphatic rings. The van der Waals surface area contributed by atoms with Crippen molar-refractivity contribution in [1.29, 1.82) is 0 Å². The molecule has 2 nitrogen and oxygen atoms in total.